The summed E-state index contributed by atoms with van der Waals surface area (Å²) in [5.74, 6) is -0.817. The first-order valence-electron chi connectivity index (χ1n) is 6.98. The molecule has 2 nitrogen and oxygen atoms in total. The number of carboxylic acid groups (broad SMARTS) is 1. The van der Waals surface area contributed by atoms with E-state index in [2.05, 4.69) is 6.92 Å². The van der Waals surface area contributed by atoms with Crippen LogP contribution in [-0.4, -0.2) is 11.1 Å². The molecule has 19 heavy (non-hydrogen) atoms. The van der Waals surface area contributed by atoms with Gasteiger partial charge in [-0.2, -0.15) is 0 Å². The largest absolute Gasteiger partial charge is 0.478 e. The van der Waals surface area contributed by atoms with Gasteiger partial charge < -0.3 is 5.11 Å². The number of aryl methyl sites for hydroxylation is 1. The minimum atomic E-state index is -0.817. The fraction of sp³-hybridized carbons (Fsp3) is 0.353. The van der Waals surface area contributed by atoms with E-state index in [1.165, 1.54) is 19.3 Å². The minimum absolute atomic E-state index is 0.481. The Kier molecular flexibility index (Phi) is 4.56. The van der Waals surface area contributed by atoms with Crippen LogP contribution in [0.4, 0.5) is 0 Å². The van der Waals surface area contributed by atoms with Gasteiger partial charge in [0.1, 0.15) is 0 Å². The number of hydrogen-bond acceptors (Lipinski definition) is 1. The first-order chi connectivity index (χ1) is 9.24. The Hall–Kier alpha value is -1.83. The summed E-state index contributed by atoms with van der Waals surface area (Å²) in [4.78, 5) is 11.5. The van der Waals surface area contributed by atoms with Gasteiger partial charge in [0.15, 0.2) is 0 Å². The Bertz CT molecular complexity index is 572. The third-order valence-electron chi connectivity index (χ3n) is 3.53. The van der Waals surface area contributed by atoms with Crippen molar-refractivity contribution < 1.29 is 9.90 Å². The van der Waals surface area contributed by atoms with Crippen LogP contribution in [0.2, 0.25) is 0 Å². The second-order valence-electron chi connectivity index (χ2n) is 4.94. The van der Waals surface area contributed by atoms with Crippen LogP contribution >= 0.6 is 0 Å². The maximum Gasteiger partial charge on any atom is 0.336 e. The molecule has 0 bridgehead atoms. The predicted octanol–water partition coefficient (Wildman–Crippen LogP) is 4.66. The molecule has 100 valence electrons. The lowest BCUT2D eigenvalue weighted by molar-refractivity contribution is 0.0698. The van der Waals surface area contributed by atoms with Crippen LogP contribution in [0.3, 0.4) is 0 Å². The van der Waals surface area contributed by atoms with Gasteiger partial charge in [0, 0.05) is 0 Å². The fourth-order valence-corrected chi connectivity index (χ4v) is 2.52. The van der Waals surface area contributed by atoms with Gasteiger partial charge in [0.2, 0.25) is 0 Å². The predicted molar refractivity (Wildman–Crippen MR) is 78.8 cm³/mol. The summed E-state index contributed by atoms with van der Waals surface area (Å²) in [6.45, 7) is 2.18. The zero-order chi connectivity index (χ0) is 13.7. The lowest BCUT2D eigenvalue weighted by Crippen LogP contribution is -2.04. The Morgan fingerprint density at radius 3 is 2.58 bits per heavy atom. The highest BCUT2D eigenvalue weighted by molar-refractivity contribution is 6.05. The topological polar surface area (TPSA) is 37.3 Å². The minimum Gasteiger partial charge on any atom is -0.478 e. The van der Waals surface area contributed by atoms with Crippen LogP contribution in [0.5, 0.6) is 0 Å². The maximum absolute atomic E-state index is 11.5. The summed E-state index contributed by atoms with van der Waals surface area (Å²) in [5.41, 5.74) is 1.44. The fourth-order valence-electron chi connectivity index (χ4n) is 2.52. The van der Waals surface area contributed by atoms with Gasteiger partial charge in [-0.05, 0) is 29.2 Å². The molecule has 0 heterocycles. The number of aromatic carboxylic acids is 1. The summed E-state index contributed by atoms with van der Waals surface area (Å²) in [7, 11) is 0. The van der Waals surface area contributed by atoms with E-state index in [1.54, 1.807) is 0 Å². The highest BCUT2D eigenvalue weighted by Crippen LogP contribution is 2.24. The molecule has 0 spiro atoms. The number of hydrogen-bond donors (Lipinski definition) is 1. The van der Waals surface area contributed by atoms with E-state index in [0.717, 1.165) is 29.2 Å². The quantitative estimate of drug-likeness (QED) is 0.763. The number of rotatable bonds is 6. The molecule has 0 radical (unpaired) electrons. The van der Waals surface area contributed by atoms with Crippen molar-refractivity contribution in [1.82, 2.24) is 0 Å². The van der Waals surface area contributed by atoms with Gasteiger partial charge in [0.05, 0.1) is 5.56 Å². The van der Waals surface area contributed by atoms with Crippen LogP contribution in [0.1, 0.15) is 48.5 Å². The van der Waals surface area contributed by atoms with E-state index in [4.69, 9.17) is 0 Å². The highest BCUT2D eigenvalue weighted by atomic mass is 16.4. The van der Waals surface area contributed by atoms with Crippen LogP contribution in [0.25, 0.3) is 10.8 Å². The molecular weight excluding hydrogens is 236 g/mol. The molecule has 2 rings (SSSR count). The Balaban J connectivity index is 2.32. The molecule has 2 heteroatoms. The molecule has 0 amide bonds. The summed E-state index contributed by atoms with van der Waals surface area (Å²) >= 11 is 0. The van der Waals surface area contributed by atoms with E-state index in [9.17, 15) is 9.90 Å². The monoisotopic (exact) mass is 256 g/mol. The first-order valence-corrected chi connectivity index (χ1v) is 6.98. The Morgan fingerprint density at radius 2 is 1.84 bits per heavy atom. The number of benzene rings is 2. The average Bonchev–Trinajstić information content (AvgIpc) is 2.42. The lowest BCUT2D eigenvalue weighted by Gasteiger charge is -2.09. The molecule has 0 unspecified atom stereocenters. The van der Waals surface area contributed by atoms with E-state index in [0.29, 0.717) is 5.56 Å². The van der Waals surface area contributed by atoms with E-state index >= 15 is 0 Å². The number of fused-ring (bicyclic) bond motifs is 1. The summed E-state index contributed by atoms with van der Waals surface area (Å²) in [5, 5.41) is 11.3. The average molecular weight is 256 g/mol. The highest BCUT2D eigenvalue weighted by Gasteiger charge is 2.13. The second kappa shape index (κ2) is 6.37. The summed E-state index contributed by atoms with van der Waals surface area (Å²) < 4.78 is 0. The number of carbonyl (C=O) groups is 1. The molecule has 0 saturated heterocycles. The van der Waals surface area contributed by atoms with Gasteiger partial charge >= 0.3 is 5.97 Å². The van der Waals surface area contributed by atoms with Gasteiger partial charge in [-0.1, -0.05) is 62.6 Å². The smallest absolute Gasteiger partial charge is 0.336 e. The maximum atomic E-state index is 11.5. The van der Waals surface area contributed by atoms with E-state index in [-0.39, 0.29) is 0 Å². The van der Waals surface area contributed by atoms with Crippen molar-refractivity contribution in [2.75, 3.05) is 0 Å². The van der Waals surface area contributed by atoms with Crippen molar-refractivity contribution >= 4 is 16.7 Å². The van der Waals surface area contributed by atoms with Crippen molar-refractivity contribution in [3.63, 3.8) is 0 Å². The van der Waals surface area contributed by atoms with Gasteiger partial charge in [-0.15, -0.1) is 0 Å². The summed E-state index contributed by atoms with van der Waals surface area (Å²) in [6.07, 6.45) is 5.50. The Labute approximate surface area is 114 Å². The number of carboxylic acids is 1. The van der Waals surface area contributed by atoms with Crippen molar-refractivity contribution in [1.29, 1.82) is 0 Å². The van der Waals surface area contributed by atoms with Crippen LogP contribution in [-0.2, 0) is 6.42 Å². The molecular formula is C17H20O2. The van der Waals surface area contributed by atoms with Crippen molar-refractivity contribution in [3.8, 4) is 0 Å². The summed E-state index contributed by atoms with van der Waals surface area (Å²) in [6, 6.07) is 11.7. The molecule has 0 aliphatic heterocycles. The molecule has 1 N–H and O–H groups in total. The van der Waals surface area contributed by atoms with Crippen molar-refractivity contribution in [3.05, 3.63) is 47.5 Å². The first kappa shape index (κ1) is 13.6. The molecule has 0 fully saturated rings. The molecule has 0 saturated carbocycles. The van der Waals surface area contributed by atoms with Gasteiger partial charge in [0.25, 0.3) is 0 Å². The van der Waals surface area contributed by atoms with Crippen LogP contribution < -0.4 is 0 Å². The molecule has 2 aromatic carbocycles. The normalized spacial score (nSPS) is 10.8. The molecule has 0 aromatic heterocycles. The molecule has 0 atom stereocenters. The van der Waals surface area contributed by atoms with Crippen molar-refractivity contribution in [2.45, 2.75) is 39.0 Å². The second-order valence-corrected chi connectivity index (χ2v) is 4.94. The van der Waals surface area contributed by atoms with E-state index in [1.807, 2.05) is 36.4 Å². The van der Waals surface area contributed by atoms with Gasteiger partial charge in [-0.3, -0.25) is 0 Å². The van der Waals surface area contributed by atoms with Crippen LogP contribution in [0, 0.1) is 0 Å². The van der Waals surface area contributed by atoms with Gasteiger partial charge in [-0.25, -0.2) is 4.79 Å². The zero-order valence-electron chi connectivity index (χ0n) is 11.4. The lowest BCUT2D eigenvalue weighted by atomic mass is 9.95. The van der Waals surface area contributed by atoms with Crippen LogP contribution in [0.15, 0.2) is 36.4 Å². The molecule has 0 aliphatic rings. The SMILES string of the molecule is CCCCCCc1ccc2ccccc2c1C(=O)O. The Morgan fingerprint density at radius 1 is 1.05 bits per heavy atom. The van der Waals surface area contributed by atoms with Crippen molar-refractivity contribution in [2.24, 2.45) is 0 Å². The third kappa shape index (κ3) is 3.14. The number of unbranched alkanes of at least 4 members (excludes halogenated alkanes) is 3. The zero-order valence-corrected chi connectivity index (χ0v) is 11.4. The standard InChI is InChI=1S/C17H20O2/c1-2-3-4-5-9-14-12-11-13-8-6-7-10-15(13)16(14)17(18)19/h6-8,10-12H,2-5,9H2,1H3,(H,18,19). The third-order valence-corrected chi connectivity index (χ3v) is 3.53. The molecule has 0 aliphatic carbocycles. The van der Waals surface area contributed by atoms with E-state index < -0.39 is 5.97 Å². The molecule has 2 aromatic rings.